The zero-order valence-electron chi connectivity index (χ0n) is 23.9. The van der Waals surface area contributed by atoms with Gasteiger partial charge in [-0.15, -0.1) is 0 Å². The molecule has 0 bridgehead atoms. The number of furan rings is 2. The van der Waals surface area contributed by atoms with Crippen LogP contribution in [0.3, 0.4) is 0 Å². The highest BCUT2D eigenvalue weighted by Gasteiger charge is 2.22. The zero-order chi connectivity index (χ0) is 29.2. The van der Waals surface area contributed by atoms with Crippen molar-refractivity contribution >= 4 is 87.4 Å². The van der Waals surface area contributed by atoms with E-state index >= 15 is 0 Å². The van der Waals surface area contributed by atoms with Crippen molar-refractivity contribution in [3.05, 3.63) is 134 Å². The Hall–Kier alpha value is -6.13. The third-order valence-electron chi connectivity index (χ3n) is 9.55. The molecule has 0 spiro atoms. The molecule has 0 N–H and O–H groups in total. The lowest BCUT2D eigenvalue weighted by Crippen LogP contribution is -1.94. The lowest BCUT2D eigenvalue weighted by Gasteiger charge is -2.13. The van der Waals surface area contributed by atoms with Crippen LogP contribution in [0, 0.1) is 0 Å². The molecule has 4 aromatic heterocycles. The van der Waals surface area contributed by atoms with E-state index in [2.05, 4.69) is 114 Å². The minimum absolute atomic E-state index is 0.868. The minimum atomic E-state index is 0.868. The summed E-state index contributed by atoms with van der Waals surface area (Å²) in [4.78, 5) is 4.85. The van der Waals surface area contributed by atoms with E-state index in [4.69, 9.17) is 13.8 Å². The number of aromatic nitrogens is 2. The van der Waals surface area contributed by atoms with Crippen molar-refractivity contribution in [3.63, 3.8) is 0 Å². The highest BCUT2D eigenvalue weighted by atomic mass is 16.3. The Morgan fingerprint density at radius 2 is 1.13 bits per heavy atom. The summed E-state index contributed by atoms with van der Waals surface area (Å²) in [6.45, 7) is 0. The van der Waals surface area contributed by atoms with E-state index < -0.39 is 0 Å². The standard InChI is InChI=1S/C41H22N2O2/c1-2-9-23(10-3-1)24-17-30-26-11-4-5-12-27(26)31-19-25(20-38-40(31)39(30)37(18-24)45-38)43-33-14-8-16-42-41(33)32-22-36-29(21-34(32)43)28-13-6-7-15-35(28)44-36/h1-22H. The monoisotopic (exact) mass is 574 g/mol. The molecule has 7 aromatic carbocycles. The molecule has 0 fully saturated rings. The second-order valence-electron chi connectivity index (χ2n) is 11.9. The summed E-state index contributed by atoms with van der Waals surface area (Å²) < 4.78 is 15.4. The summed E-state index contributed by atoms with van der Waals surface area (Å²) in [6, 6.07) is 45.1. The number of pyridine rings is 1. The average Bonchev–Trinajstić information content (AvgIpc) is 3.76. The fraction of sp³-hybridized carbons (Fsp3) is 0. The zero-order valence-corrected chi connectivity index (χ0v) is 23.9. The second kappa shape index (κ2) is 8.28. The van der Waals surface area contributed by atoms with E-state index in [9.17, 15) is 0 Å². The summed E-state index contributed by atoms with van der Waals surface area (Å²) in [7, 11) is 0. The van der Waals surface area contributed by atoms with E-state index in [1.54, 1.807) is 0 Å². The van der Waals surface area contributed by atoms with Crippen molar-refractivity contribution in [2.75, 3.05) is 0 Å². The van der Waals surface area contributed by atoms with E-state index in [-0.39, 0.29) is 0 Å². The molecule has 0 atom stereocenters. The summed E-state index contributed by atoms with van der Waals surface area (Å²) in [5, 5.41) is 10.5. The molecule has 4 heteroatoms. The van der Waals surface area contributed by atoms with Crippen LogP contribution in [-0.4, -0.2) is 9.55 Å². The first-order chi connectivity index (χ1) is 22.3. The van der Waals surface area contributed by atoms with E-state index in [0.29, 0.717) is 0 Å². The van der Waals surface area contributed by atoms with Crippen LogP contribution in [0.1, 0.15) is 0 Å². The molecule has 0 aliphatic heterocycles. The van der Waals surface area contributed by atoms with E-state index in [0.717, 1.165) is 66.3 Å². The Bertz CT molecular complexity index is 2980. The number of hydrogen-bond donors (Lipinski definition) is 0. The molecule has 0 saturated carbocycles. The van der Waals surface area contributed by atoms with Crippen LogP contribution in [0.4, 0.5) is 0 Å². The molecule has 0 saturated heterocycles. The molecular formula is C41H22N2O2. The number of fused-ring (bicyclic) bond motifs is 9. The molecular weight excluding hydrogens is 552 g/mol. The predicted octanol–water partition coefficient (Wildman–Crippen LogP) is 11.4. The minimum Gasteiger partial charge on any atom is -0.456 e. The van der Waals surface area contributed by atoms with Gasteiger partial charge in [-0.3, -0.25) is 4.98 Å². The normalized spacial score (nSPS) is 12.4. The Morgan fingerprint density at radius 3 is 1.98 bits per heavy atom. The topological polar surface area (TPSA) is 44.1 Å². The lowest BCUT2D eigenvalue weighted by molar-refractivity contribution is 0.669. The number of benzene rings is 7. The van der Waals surface area contributed by atoms with Crippen LogP contribution in [0.2, 0.25) is 0 Å². The maximum atomic E-state index is 6.78. The van der Waals surface area contributed by atoms with Crippen LogP contribution in [-0.2, 0) is 0 Å². The van der Waals surface area contributed by atoms with Gasteiger partial charge < -0.3 is 13.4 Å². The summed E-state index contributed by atoms with van der Waals surface area (Å²) in [5.41, 5.74) is 9.99. The highest BCUT2D eigenvalue weighted by Crippen LogP contribution is 2.46. The fourth-order valence-corrected chi connectivity index (χ4v) is 7.64. The van der Waals surface area contributed by atoms with E-state index in [1.807, 2.05) is 24.4 Å². The molecule has 0 amide bonds. The van der Waals surface area contributed by atoms with Gasteiger partial charge in [0.15, 0.2) is 0 Å². The van der Waals surface area contributed by atoms with Crippen molar-refractivity contribution in [1.82, 2.24) is 9.55 Å². The third kappa shape index (κ3) is 3.03. The number of hydrogen-bond acceptors (Lipinski definition) is 3. The average molecular weight is 575 g/mol. The third-order valence-corrected chi connectivity index (χ3v) is 9.55. The molecule has 11 aromatic rings. The quantitative estimate of drug-likeness (QED) is 0.193. The van der Waals surface area contributed by atoms with Crippen LogP contribution < -0.4 is 0 Å². The Labute approximate surface area is 255 Å². The lowest BCUT2D eigenvalue weighted by atomic mass is 9.92. The Morgan fingerprint density at radius 1 is 0.422 bits per heavy atom. The van der Waals surface area contributed by atoms with Crippen LogP contribution in [0.5, 0.6) is 0 Å². The van der Waals surface area contributed by atoms with Crippen molar-refractivity contribution in [2.24, 2.45) is 0 Å². The van der Waals surface area contributed by atoms with Gasteiger partial charge >= 0.3 is 0 Å². The molecule has 4 heterocycles. The van der Waals surface area contributed by atoms with Gasteiger partial charge in [0, 0.05) is 39.2 Å². The molecule has 208 valence electrons. The molecule has 4 nitrogen and oxygen atoms in total. The van der Waals surface area contributed by atoms with Gasteiger partial charge in [-0.2, -0.15) is 0 Å². The Kier molecular flexibility index (Phi) is 4.29. The first kappa shape index (κ1) is 23.3. The van der Waals surface area contributed by atoms with Crippen molar-refractivity contribution in [2.45, 2.75) is 0 Å². The fourth-order valence-electron chi connectivity index (χ4n) is 7.64. The predicted molar refractivity (Wildman–Crippen MR) is 185 cm³/mol. The molecule has 0 radical (unpaired) electrons. The van der Waals surface area contributed by atoms with E-state index in [1.165, 1.54) is 37.9 Å². The smallest absolute Gasteiger partial charge is 0.138 e. The van der Waals surface area contributed by atoms with Crippen LogP contribution in [0.25, 0.3) is 104 Å². The SMILES string of the molecule is c1ccc(-c2cc3oc4cc(-n5c6cc7c(cc6c6ncccc65)oc5ccccc57)cc5c6ccccc6c(c2)c3c45)cc1. The summed E-state index contributed by atoms with van der Waals surface area (Å²) >= 11 is 0. The summed E-state index contributed by atoms with van der Waals surface area (Å²) in [6.07, 6.45) is 1.86. The van der Waals surface area contributed by atoms with Gasteiger partial charge in [-0.05, 0) is 81.2 Å². The molecule has 0 unspecified atom stereocenters. The van der Waals surface area contributed by atoms with Gasteiger partial charge in [0.25, 0.3) is 0 Å². The number of nitrogens with zero attached hydrogens (tertiary/aromatic N) is 2. The first-order valence-corrected chi connectivity index (χ1v) is 15.2. The van der Waals surface area contributed by atoms with Crippen LogP contribution >= 0.6 is 0 Å². The molecule has 45 heavy (non-hydrogen) atoms. The Balaban J connectivity index is 1.29. The summed E-state index contributed by atoms with van der Waals surface area (Å²) in [5.74, 6) is 0. The molecule has 0 aliphatic carbocycles. The van der Waals surface area contributed by atoms with Crippen LogP contribution in [0.15, 0.2) is 142 Å². The molecule has 0 aliphatic rings. The maximum Gasteiger partial charge on any atom is 0.138 e. The number of rotatable bonds is 2. The number of para-hydroxylation sites is 1. The van der Waals surface area contributed by atoms with Gasteiger partial charge in [0.05, 0.1) is 22.2 Å². The van der Waals surface area contributed by atoms with Gasteiger partial charge in [0.2, 0.25) is 0 Å². The van der Waals surface area contributed by atoms with Crippen molar-refractivity contribution in [1.29, 1.82) is 0 Å². The van der Waals surface area contributed by atoms with Crippen molar-refractivity contribution < 1.29 is 8.83 Å². The van der Waals surface area contributed by atoms with Gasteiger partial charge in [-0.1, -0.05) is 72.8 Å². The maximum absolute atomic E-state index is 6.78. The van der Waals surface area contributed by atoms with Gasteiger partial charge in [-0.25, -0.2) is 0 Å². The van der Waals surface area contributed by atoms with Gasteiger partial charge in [0.1, 0.15) is 22.3 Å². The highest BCUT2D eigenvalue weighted by molar-refractivity contribution is 6.34. The second-order valence-corrected chi connectivity index (χ2v) is 11.9. The first-order valence-electron chi connectivity index (χ1n) is 15.2. The van der Waals surface area contributed by atoms with Crippen molar-refractivity contribution in [3.8, 4) is 16.8 Å². The largest absolute Gasteiger partial charge is 0.456 e. The molecule has 11 rings (SSSR count).